The zero-order chi connectivity index (χ0) is 16.7. The molecule has 0 aliphatic heterocycles. The number of carbonyl (C=O) groups is 1. The van der Waals surface area contributed by atoms with E-state index in [0.717, 1.165) is 11.3 Å². The Balaban J connectivity index is 1.81. The molecule has 1 unspecified atom stereocenters. The number of ether oxygens (including phenoxy) is 1. The third kappa shape index (κ3) is 5.37. The molecule has 5 heteroatoms. The Morgan fingerprint density at radius 2 is 2.17 bits per heavy atom. The average molecular weight is 332 g/mol. The van der Waals surface area contributed by atoms with Crippen LogP contribution in [0.5, 0.6) is 5.75 Å². The van der Waals surface area contributed by atoms with E-state index in [2.05, 4.69) is 28.6 Å². The topological polar surface area (TPSA) is 41.6 Å². The lowest BCUT2D eigenvalue weighted by molar-refractivity contribution is -0.122. The largest absolute Gasteiger partial charge is 0.494 e. The van der Waals surface area contributed by atoms with Gasteiger partial charge in [0.05, 0.1) is 13.2 Å². The number of nitrogens with one attached hydrogen (secondary N) is 1. The highest BCUT2D eigenvalue weighted by Gasteiger charge is 2.15. The van der Waals surface area contributed by atoms with E-state index in [9.17, 15) is 4.79 Å². The Bertz CT molecular complexity index is 613. The van der Waals surface area contributed by atoms with E-state index >= 15 is 0 Å². The minimum absolute atomic E-state index is 0.0257. The van der Waals surface area contributed by atoms with Crippen molar-refractivity contribution >= 4 is 17.2 Å². The first-order valence-electron chi connectivity index (χ1n) is 7.82. The molecule has 1 N–H and O–H groups in total. The predicted octanol–water partition coefficient (Wildman–Crippen LogP) is 3.46. The van der Waals surface area contributed by atoms with E-state index < -0.39 is 0 Å². The second-order valence-electron chi connectivity index (χ2n) is 5.46. The molecular formula is C18H24N2O2S. The number of carbonyl (C=O) groups excluding carboxylic acids is 1. The summed E-state index contributed by atoms with van der Waals surface area (Å²) in [7, 11) is 1.97. The number of amides is 1. The van der Waals surface area contributed by atoms with Gasteiger partial charge in [-0.3, -0.25) is 9.69 Å². The summed E-state index contributed by atoms with van der Waals surface area (Å²) in [4.78, 5) is 15.5. The van der Waals surface area contributed by atoms with Crippen LogP contribution in [-0.4, -0.2) is 31.0 Å². The molecule has 0 bridgehead atoms. The lowest BCUT2D eigenvalue weighted by Gasteiger charge is -2.23. The molecule has 1 aromatic carbocycles. The van der Waals surface area contributed by atoms with Gasteiger partial charge in [-0.2, -0.15) is 0 Å². The van der Waals surface area contributed by atoms with Crippen LogP contribution in [0.4, 0.5) is 0 Å². The molecule has 1 aromatic heterocycles. The second kappa shape index (κ2) is 8.70. The van der Waals surface area contributed by atoms with Gasteiger partial charge in [0.1, 0.15) is 5.75 Å². The summed E-state index contributed by atoms with van der Waals surface area (Å²) in [6.45, 7) is 5.61. The van der Waals surface area contributed by atoms with Gasteiger partial charge in [-0.05, 0) is 50.0 Å². The van der Waals surface area contributed by atoms with E-state index in [4.69, 9.17) is 4.74 Å². The van der Waals surface area contributed by atoms with Crippen molar-refractivity contribution in [2.75, 3.05) is 20.2 Å². The van der Waals surface area contributed by atoms with Crippen molar-refractivity contribution in [2.45, 2.75) is 26.4 Å². The van der Waals surface area contributed by atoms with Crippen molar-refractivity contribution in [3.8, 4) is 5.75 Å². The van der Waals surface area contributed by atoms with Crippen LogP contribution in [0.1, 0.15) is 30.3 Å². The van der Waals surface area contributed by atoms with E-state index in [0.29, 0.717) is 19.7 Å². The molecule has 1 heterocycles. The number of nitrogens with zero attached hydrogens (tertiary/aromatic N) is 1. The maximum atomic E-state index is 12.1. The monoisotopic (exact) mass is 332 g/mol. The molecule has 0 aliphatic carbocycles. The maximum Gasteiger partial charge on any atom is 0.234 e. The van der Waals surface area contributed by atoms with Crippen molar-refractivity contribution in [2.24, 2.45) is 0 Å². The summed E-state index contributed by atoms with van der Waals surface area (Å²) in [5.41, 5.74) is 1.04. The fraction of sp³-hybridized carbons (Fsp3) is 0.389. The molecular weight excluding hydrogens is 308 g/mol. The van der Waals surface area contributed by atoms with Crippen LogP contribution >= 0.6 is 11.3 Å². The predicted molar refractivity (Wildman–Crippen MR) is 94.8 cm³/mol. The second-order valence-corrected chi connectivity index (χ2v) is 6.44. The Hall–Kier alpha value is -1.85. The summed E-state index contributed by atoms with van der Waals surface area (Å²) in [6, 6.07) is 12.2. The molecule has 2 aromatic rings. The van der Waals surface area contributed by atoms with Gasteiger partial charge in [0.15, 0.2) is 0 Å². The molecule has 124 valence electrons. The van der Waals surface area contributed by atoms with Gasteiger partial charge in [-0.1, -0.05) is 18.2 Å². The molecule has 4 nitrogen and oxygen atoms in total. The van der Waals surface area contributed by atoms with Gasteiger partial charge in [-0.25, -0.2) is 0 Å². The van der Waals surface area contributed by atoms with E-state index in [1.165, 1.54) is 4.88 Å². The zero-order valence-corrected chi connectivity index (χ0v) is 14.7. The van der Waals surface area contributed by atoms with Crippen LogP contribution in [0.3, 0.4) is 0 Å². The summed E-state index contributed by atoms with van der Waals surface area (Å²) in [5.74, 6) is 0.861. The van der Waals surface area contributed by atoms with Gasteiger partial charge < -0.3 is 10.1 Å². The summed E-state index contributed by atoms with van der Waals surface area (Å²) < 4.78 is 5.47. The molecule has 0 spiro atoms. The first-order chi connectivity index (χ1) is 11.1. The van der Waals surface area contributed by atoms with Crippen LogP contribution in [0.2, 0.25) is 0 Å². The lowest BCUT2D eigenvalue weighted by atomic mass is 10.2. The lowest BCUT2D eigenvalue weighted by Crippen LogP contribution is -2.35. The van der Waals surface area contributed by atoms with Crippen molar-refractivity contribution < 1.29 is 9.53 Å². The van der Waals surface area contributed by atoms with Crippen molar-refractivity contribution in [1.29, 1.82) is 0 Å². The molecule has 1 atom stereocenters. The maximum absolute atomic E-state index is 12.1. The summed E-state index contributed by atoms with van der Waals surface area (Å²) in [5, 5.41) is 5.03. The van der Waals surface area contributed by atoms with Crippen molar-refractivity contribution in [3.05, 3.63) is 52.2 Å². The van der Waals surface area contributed by atoms with E-state index in [-0.39, 0.29) is 11.9 Å². The molecule has 2 rings (SSSR count). The van der Waals surface area contributed by atoms with E-state index in [1.54, 1.807) is 11.3 Å². The number of thiophene rings is 1. The van der Waals surface area contributed by atoms with Crippen LogP contribution < -0.4 is 10.1 Å². The Labute approximate surface area is 142 Å². The number of benzene rings is 1. The third-order valence-corrected chi connectivity index (χ3v) is 4.75. The quantitative estimate of drug-likeness (QED) is 0.805. The summed E-state index contributed by atoms with van der Waals surface area (Å²) in [6.07, 6.45) is 0. The first kappa shape index (κ1) is 17.5. The standard InChI is InChI=1S/C18H24N2O2S/c1-4-22-16-8-5-7-15(11-16)12-19-18(21)13-20(3)14(2)17-9-6-10-23-17/h5-11,14H,4,12-13H2,1-3H3,(H,19,21). The van der Waals surface area contributed by atoms with Crippen molar-refractivity contribution in [1.82, 2.24) is 10.2 Å². The van der Waals surface area contributed by atoms with Crippen molar-refractivity contribution in [3.63, 3.8) is 0 Å². The number of rotatable bonds is 8. The van der Waals surface area contributed by atoms with Gasteiger partial charge in [-0.15, -0.1) is 11.3 Å². The zero-order valence-electron chi connectivity index (χ0n) is 13.9. The molecule has 0 saturated carbocycles. The SMILES string of the molecule is CCOc1cccc(CNC(=O)CN(C)C(C)c2cccs2)c1. The highest BCUT2D eigenvalue weighted by atomic mass is 32.1. The van der Waals surface area contributed by atoms with Gasteiger partial charge >= 0.3 is 0 Å². The highest BCUT2D eigenvalue weighted by molar-refractivity contribution is 7.10. The van der Waals surface area contributed by atoms with Crippen LogP contribution in [0.25, 0.3) is 0 Å². The Morgan fingerprint density at radius 3 is 2.87 bits per heavy atom. The first-order valence-corrected chi connectivity index (χ1v) is 8.70. The minimum Gasteiger partial charge on any atom is -0.494 e. The molecule has 1 amide bonds. The number of likely N-dealkylation sites (N-methyl/N-ethyl adjacent to an activating group) is 1. The third-order valence-electron chi connectivity index (χ3n) is 3.71. The Morgan fingerprint density at radius 1 is 1.35 bits per heavy atom. The highest BCUT2D eigenvalue weighted by Crippen LogP contribution is 2.22. The van der Waals surface area contributed by atoms with Crippen LogP contribution in [-0.2, 0) is 11.3 Å². The number of hydrogen-bond acceptors (Lipinski definition) is 4. The number of hydrogen-bond donors (Lipinski definition) is 1. The fourth-order valence-electron chi connectivity index (χ4n) is 2.28. The fourth-order valence-corrected chi connectivity index (χ4v) is 3.13. The molecule has 23 heavy (non-hydrogen) atoms. The van der Waals surface area contributed by atoms with E-state index in [1.807, 2.05) is 44.3 Å². The Kier molecular flexibility index (Phi) is 6.62. The molecule has 0 fully saturated rings. The molecule has 0 radical (unpaired) electrons. The van der Waals surface area contributed by atoms with Gasteiger partial charge in [0, 0.05) is 17.5 Å². The normalized spacial score (nSPS) is 12.2. The van der Waals surface area contributed by atoms with Crippen LogP contribution in [0, 0.1) is 0 Å². The average Bonchev–Trinajstić information content (AvgIpc) is 3.07. The minimum atomic E-state index is 0.0257. The summed E-state index contributed by atoms with van der Waals surface area (Å²) >= 11 is 1.72. The van der Waals surface area contributed by atoms with Gasteiger partial charge in [0.25, 0.3) is 0 Å². The molecule has 0 aliphatic rings. The van der Waals surface area contributed by atoms with Gasteiger partial charge in [0.2, 0.25) is 5.91 Å². The smallest absolute Gasteiger partial charge is 0.234 e. The van der Waals surface area contributed by atoms with Crippen LogP contribution in [0.15, 0.2) is 41.8 Å². The molecule has 0 saturated heterocycles.